The van der Waals surface area contributed by atoms with Crippen molar-refractivity contribution in [3.8, 4) is 0 Å². The lowest BCUT2D eigenvalue weighted by atomic mass is 10.0. The summed E-state index contributed by atoms with van der Waals surface area (Å²) in [6.45, 7) is 11.2. The third kappa shape index (κ3) is 5.70. The van der Waals surface area contributed by atoms with Crippen LogP contribution < -0.4 is 21.4 Å². The number of carboxylic acids is 2. The fourth-order valence-corrected chi connectivity index (χ4v) is 6.48. The molecule has 232 valence electrons. The number of aromatic amines is 4. The molecule has 0 amide bonds. The summed E-state index contributed by atoms with van der Waals surface area (Å²) in [6.07, 6.45) is 6.78. The average Bonchev–Trinajstić information content (AvgIpc) is 3.59. The number of aliphatic carboxylic acids is 2. The molecule has 4 aromatic rings. The van der Waals surface area contributed by atoms with E-state index in [1.165, 1.54) is 0 Å². The number of aliphatic hydroxyl groups excluding tert-OH is 2. The van der Waals surface area contributed by atoms with Crippen LogP contribution in [0.2, 0.25) is 0 Å². The molecule has 0 saturated carbocycles. The van der Waals surface area contributed by atoms with Crippen LogP contribution in [0.5, 0.6) is 0 Å². The molecule has 8 bridgehead atoms. The lowest BCUT2D eigenvalue weighted by Crippen LogP contribution is -2.14. The average molecular weight is 601 g/mol. The van der Waals surface area contributed by atoms with Crippen LogP contribution in [0.15, 0.2) is 0 Å². The van der Waals surface area contributed by atoms with Crippen LogP contribution >= 0.6 is 0 Å². The lowest BCUT2D eigenvalue weighted by Gasteiger charge is -2.05. The fraction of sp³-hybridized carbons (Fsp3) is 0.353. The van der Waals surface area contributed by atoms with Crippen molar-refractivity contribution >= 4 is 36.2 Å². The number of aromatic nitrogens is 4. The van der Waals surface area contributed by atoms with E-state index in [-0.39, 0.29) is 12.8 Å². The molecule has 2 atom stereocenters. The predicted molar refractivity (Wildman–Crippen MR) is 168 cm³/mol. The Morgan fingerprint density at radius 2 is 1.05 bits per heavy atom. The summed E-state index contributed by atoms with van der Waals surface area (Å²) in [5.41, 5.74) is 9.79. The number of aliphatic hydroxyl groups is 2. The van der Waals surface area contributed by atoms with Crippen LogP contribution in [-0.2, 0) is 22.4 Å². The molecular formula is C34H40N4O6. The molecule has 1 aliphatic rings. The van der Waals surface area contributed by atoms with E-state index in [2.05, 4.69) is 19.9 Å². The van der Waals surface area contributed by atoms with E-state index < -0.39 is 24.1 Å². The smallest absolute Gasteiger partial charge is 0.303 e. The summed E-state index contributed by atoms with van der Waals surface area (Å²) in [4.78, 5) is 37.1. The van der Waals surface area contributed by atoms with E-state index in [0.29, 0.717) is 18.5 Å². The van der Waals surface area contributed by atoms with E-state index in [4.69, 9.17) is 0 Å². The van der Waals surface area contributed by atoms with Crippen LogP contribution in [0.3, 0.4) is 0 Å². The lowest BCUT2D eigenvalue weighted by molar-refractivity contribution is -0.138. The van der Waals surface area contributed by atoms with Gasteiger partial charge in [-0.15, -0.1) is 0 Å². The number of H-pyrrole nitrogens is 4. The SMILES string of the molecule is Cc1c2[nH]c(c1CCC(=O)O)C=c1[nH]c(c(C)c1CCC(=O)O)=Cc1[nH]c(c(C)c1C(C)O)C=c1[nH]c(c(C)c1C(C)O)=C2. The van der Waals surface area contributed by atoms with Gasteiger partial charge in [0.2, 0.25) is 0 Å². The second kappa shape index (κ2) is 11.9. The molecule has 0 aromatic carbocycles. The van der Waals surface area contributed by atoms with Gasteiger partial charge in [0.05, 0.1) is 12.2 Å². The summed E-state index contributed by atoms with van der Waals surface area (Å²) in [7, 11) is 0. The molecule has 8 N–H and O–H groups in total. The summed E-state index contributed by atoms with van der Waals surface area (Å²) in [5, 5.41) is 43.6. The maximum Gasteiger partial charge on any atom is 0.303 e. The number of fused-ring (bicyclic) bond motifs is 8. The van der Waals surface area contributed by atoms with E-state index >= 15 is 0 Å². The molecule has 2 unspecified atom stereocenters. The molecule has 10 heteroatoms. The first-order valence-electron chi connectivity index (χ1n) is 14.8. The van der Waals surface area contributed by atoms with E-state index in [1.807, 2.05) is 52.0 Å². The van der Waals surface area contributed by atoms with Crippen molar-refractivity contribution in [1.29, 1.82) is 0 Å². The molecule has 5 rings (SSSR count). The number of rotatable bonds is 8. The van der Waals surface area contributed by atoms with Gasteiger partial charge in [0.25, 0.3) is 0 Å². The molecule has 4 aromatic heterocycles. The monoisotopic (exact) mass is 600 g/mol. The Hall–Kier alpha value is -4.54. The first-order valence-corrected chi connectivity index (χ1v) is 14.8. The van der Waals surface area contributed by atoms with Gasteiger partial charge in [-0.3, -0.25) is 9.59 Å². The highest BCUT2D eigenvalue weighted by Crippen LogP contribution is 2.27. The van der Waals surface area contributed by atoms with Crippen LogP contribution in [-0.4, -0.2) is 52.3 Å². The van der Waals surface area contributed by atoms with Crippen molar-refractivity contribution < 1.29 is 30.0 Å². The van der Waals surface area contributed by atoms with Gasteiger partial charge in [0.1, 0.15) is 0 Å². The number of nitrogens with one attached hydrogen (secondary N) is 4. The van der Waals surface area contributed by atoms with Crippen molar-refractivity contribution in [3.05, 3.63) is 88.7 Å². The van der Waals surface area contributed by atoms with E-state index in [0.717, 1.165) is 83.0 Å². The van der Waals surface area contributed by atoms with Crippen LogP contribution in [0.4, 0.5) is 0 Å². The molecule has 44 heavy (non-hydrogen) atoms. The highest BCUT2D eigenvalue weighted by atomic mass is 16.4. The molecule has 0 spiro atoms. The Morgan fingerprint density at radius 1 is 0.568 bits per heavy atom. The normalized spacial score (nSPS) is 13.8. The van der Waals surface area contributed by atoms with Crippen molar-refractivity contribution in [2.75, 3.05) is 0 Å². The second-order valence-electron chi connectivity index (χ2n) is 11.8. The highest BCUT2D eigenvalue weighted by Gasteiger charge is 2.20. The molecule has 10 nitrogen and oxygen atoms in total. The quantitative estimate of drug-likeness (QED) is 0.135. The van der Waals surface area contributed by atoms with Crippen LogP contribution in [0.1, 0.15) is 106 Å². The maximum atomic E-state index is 11.6. The Kier molecular flexibility index (Phi) is 8.33. The van der Waals surface area contributed by atoms with Gasteiger partial charge in [-0.2, -0.15) is 0 Å². The maximum absolute atomic E-state index is 11.6. The Bertz CT molecular complexity index is 2030. The van der Waals surface area contributed by atoms with Crippen molar-refractivity contribution in [2.45, 2.75) is 79.4 Å². The van der Waals surface area contributed by atoms with E-state index in [9.17, 15) is 30.0 Å². The first-order chi connectivity index (χ1) is 20.8. The molecule has 1 aliphatic heterocycles. The van der Waals surface area contributed by atoms with Crippen molar-refractivity contribution in [1.82, 2.24) is 19.9 Å². The first kappa shape index (κ1) is 30.9. The summed E-state index contributed by atoms with van der Waals surface area (Å²) < 4.78 is 0. The molecule has 0 fully saturated rings. The number of hydrogen-bond acceptors (Lipinski definition) is 4. The van der Waals surface area contributed by atoms with Crippen LogP contribution in [0.25, 0.3) is 24.3 Å². The minimum atomic E-state index is -0.899. The Labute approximate surface area is 254 Å². The summed E-state index contributed by atoms with van der Waals surface area (Å²) in [5.74, 6) is -1.80. The zero-order chi connectivity index (χ0) is 32.0. The Balaban J connectivity index is 1.93. The Morgan fingerprint density at radius 3 is 1.66 bits per heavy atom. The zero-order valence-electron chi connectivity index (χ0n) is 25.9. The van der Waals surface area contributed by atoms with Crippen LogP contribution in [0, 0.1) is 27.7 Å². The van der Waals surface area contributed by atoms with Gasteiger partial charge in [0.15, 0.2) is 0 Å². The van der Waals surface area contributed by atoms with Gasteiger partial charge >= 0.3 is 11.9 Å². The van der Waals surface area contributed by atoms with Gasteiger partial charge in [-0.1, -0.05) is 0 Å². The van der Waals surface area contributed by atoms with Gasteiger partial charge < -0.3 is 40.4 Å². The van der Waals surface area contributed by atoms with Crippen molar-refractivity contribution in [2.24, 2.45) is 0 Å². The van der Waals surface area contributed by atoms with E-state index in [1.54, 1.807) is 13.8 Å². The standard InChI is InChI=1S/C34H40N4O6/c1-15-21(7-9-31(41)42)27-14-28-22(8-10-32(43)44)16(2)24(36-28)12-29-34(20(6)40)18(4)26(38-29)13-30-33(19(5)39)17(3)25(37-30)11-23(15)35-27/h11-14,19-20,35-40H,7-10H2,1-6H3,(H,41,42)(H,43,44). The second-order valence-corrected chi connectivity index (χ2v) is 11.8. The van der Waals surface area contributed by atoms with Gasteiger partial charge in [-0.25, -0.2) is 0 Å². The topological polar surface area (TPSA) is 178 Å². The predicted octanol–water partition coefficient (Wildman–Crippen LogP) is 2.00. The number of carboxylic acid groups (broad SMARTS) is 2. The fourth-order valence-electron chi connectivity index (χ4n) is 6.48. The van der Waals surface area contributed by atoms with Gasteiger partial charge in [0, 0.05) is 68.1 Å². The molecule has 0 saturated heterocycles. The highest BCUT2D eigenvalue weighted by molar-refractivity contribution is 5.70. The molecular weight excluding hydrogens is 560 g/mol. The zero-order valence-corrected chi connectivity index (χ0v) is 25.9. The molecule has 5 heterocycles. The summed E-state index contributed by atoms with van der Waals surface area (Å²) in [6, 6.07) is 0. The van der Waals surface area contributed by atoms with Gasteiger partial charge in [-0.05, 0) is 112 Å². The molecule has 0 aliphatic carbocycles. The van der Waals surface area contributed by atoms with Crippen molar-refractivity contribution in [3.63, 3.8) is 0 Å². The third-order valence-corrected chi connectivity index (χ3v) is 8.81. The third-order valence-electron chi connectivity index (χ3n) is 8.81. The number of hydrogen-bond donors (Lipinski definition) is 8. The largest absolute Gasteiger partial charge is 0.481 e. The summed E-state index contributed by atoms with van der Waals surface area (Å²) >= 11 is 0. The molecule has 0 radical (unpaired) electrons. The number of carbonyl (C=O) groups is 2. The minimum Gasteiger partial charge on any atom is -0.481 e. The minimum absolute atomic E-state index is 0.0448.